The summed E-state index contributed by atoms with van der Waals surface area (Å²) in [5.74, 6) is 0.556. The van der Waals surface area contributed by atoms with Crippen LogP contribution in [0.1, 0.15) is 0 Å². The summed E-state index contributed by atoms with van der Waals surface area (Å²) >= 11 is 4.88. The van der Waals surface area contributed by atoms with E-state index in [0.717, 1.165) is 32.5 Å². The Hall–Kier alpha value is -2.32. The highest BCUT2D eigenvalue weighted by Gasteiger charge is 2.15. The number of thiazole rings is 1. The van der Waals surface area contributed by atoms with Crippen molar-refractivity contribution < 1.29 is 4.39 Å². The lowest BCUT2D eigenvalue weighted by Gasteiger charge is -2.14. The summed E-state index contributed by atoms with van der Waals surface area (Å²) < 4.78 is 15.5. The molecule has 0 saturated heterocycles. The van der Waals surface area contributed by atoms with E-state index >= 15 is 0 Å². The first-order valence-corrected chi connectivity index (χ1v) is 8.74. The Balaban J connectivity index is 1.70. The van der Waals surface area contributed by atoms with Gasteiger partial charge in [0.05, 0.1) is 11.9 Å². The average molecular weight is 404 g/mol. The molecule has 0 N–H and O–H groups in total. The van der Waals surface area contributed by atoms with Gasteiger partial charge in [0.2, 0.25) is 0 Å². The van der Waals surface area contributed by atoms with Crippen LogP contribution in [0.5, 0.6) is 0 Å². The van der Waals surface area contributed by atoms with Gasteiger partial charge in [-0.1, -0.05) is 0 Å². The largest absolute Gasteiger partial charge is 0.304 e. The van der Waals surface area contributed by atoms with Gasteiger partial charge in [0, 0.05) is 18.0 Å². The fourth-order valence-electron chi connectivity index (χ4n) is 2.34. The molecule has 0 atom stereocenters. The Kier molecular flexibility index (Phi) is 3.78. The Labute approximate surface area is 149 Å². The third-order valence-corrected chi connectivity index (χ3v) is 4.91. The normalized spacial score (nSPS) is 11.1. The Bertz CT molecular complexity index is 1010. The van der Waals surface area contributed by atoms with E-state index in [1.807, 2.05) is 29.5 Å². The first-order valence-electron chi connectivity index (χ1n) is 7.07. The molecule has 8 heteroatoms. The van der Waals surface area contributed by atoms with Crippen LogP contribution in [0.15, 0.2) is 52.6 Å². The highest BCUT2D eigenvalue weighted by molar-refractivity contribution is 9.10. The summed E-state index contributed by atoms with van der Waals surface area (Å²) in [6.45, 7) is 0. The summed E-state index contributed by atoms with van der Waals surface area (Å²) in [6.07, 6.45) is 1.76. The van der Waals surface area contributed by atoms with Crippen molar-refractivity contribution in [3.8, 4) is 11.3 Å². The van der Waals surface area contributed by atoms with Crippen LogP contribution in [0.3, 0.4) is 0 Å². The highest BCUT2D eigenvalue weighted by Crippen LogP contribution is 2.31. The average Bonchev–Trinajstić information content (AvgIpc) is 3.21. The number of hydrogen-bond donors (Lipinski definition) is 0. The number of imidazole rings is 1. The van der Waals surface area contributed by atoms with E-state index in [-0.39, 0.29) is 5.82 Å². The van der Waals surface area contributed by atoms with Gasteiger partial charge in [-0.15, -0.1) is 11.3 Å². The molecule has 0 radical (unpaired) electrons. The molecule has 4 aromatic rings. The second kappa shape index (κ2) is 5.95. The molecule has 3 aromatic heterocycles. The lowest BCUT2D eigenvalue weighted by Crippen LogP contribution is -2.12. The van der Waals surface area contributed by atoms with Crippen LogP contribution < -0.4 is 4.90 Å². The van der Waals surface area contributed by atoms with Crippen LogP contribution in [-0.2, 0) is 0 Å². The minimum atomic E-state index is -0.256. The maximum absolute atomic E-state index is 13.1. The predicted molar refractivity (Wildman–Crippen MR) is 96.3 cm³/mol. The van der Waals surface area contributed by atoms with Gasteiger partial charge in [-0.05, 0) is 52.3 Å². The molecule has 1 aromatic carbocycles. The zero-order valence-corrected chi connectivity index (χ0v) is 14.9. The van der Waals surface area contributed by atoms with Gasteiger partial charge >= 0.3 is 0 Å². The van der Waals surface area contributed by atoms with Gasteiger partial charge in [0.15, 0.2) is 16.6 Å². The molecular weight excluding hydrogens is 393 g/mol. The Morgan fingerprint density at radius 3 is 2.75 bits per heavy atom. The van der Waals surface area contributed by atoms with Gasteiger partial charge in [0.1, 0.15) is 10.4 Å². The molecule has 24 heavy (non-hydrogen) atoms. The van der Waals surface area contributed by atoms with Crippen molar-refractivity contribution in [2.75, 3.05) is 11.9 Å². The molecule has 0 spiro atoms. The summed E-state index contributed by atoms with van der Waals surface area (Å²) in [4.78, 5) is 10.9. The van der Waals surface area contributed by atoms with Crippen LogP contribution in [0, 0.1) is 5.82 Å². The smallest absolute Gasteiger partial charge is 0.191 e. The predicted octanol–water partition coefficient (Wildman–Crippen LogP) is 4.52. The molecule has 0 aliphatic rings. The molecular formula is C16H11BrFN5S. The number of fused-ring (bicyclic) bond motifs is 1. The molecule has 0 bridgehead atoms. The third kappa shape index (κ3) is 2.67. The van der Waals surface area contributed by atoms with Crippen molar-refractivity contribution in [1.82, 2.24) is 19.6 Å². The summed E-state index contributed by atoms with van der Waals surface area (Å²) in [7, 11) is 1.92. The molecule has 0 fully saturated rings. The minimum Gasteiger partial charge on any atom is -0.304 e. The fourth-order valence-corrected chi connectivity index (χ4v) is 3.44. The number of benzene rings is 1. The van der Waals surface area contributed by atoms with E-state index in [1.165, 1.54) is 23.5 Å². The zero-order chi connectivity index (χ0) is 16.7. The number of rotatable bonds is 3. The van der Waals surface area contributed by atoms with Gasteiger partial charge in [-0.2, -0.15) is 9.61 Å². The van der Waals surface area contributed by atoms with Gasteiger partial charge in [0.25, 0.3) is 0 Å². The van der Waals surface area contributed by atoms with Crippen LogP contribution in [0.4, 0.5) is 15.3 Å². The summed E-state index contributed by atoms with van der Waals surface area (Å²) in [5.41, 5.74) is 2.45. The van der Waals surface area contributed by atoms with E-state index < -0.39 is 0 Å². The maximum Gasteiger partial charge on any atom is 0.191 e. The first-order chi connectivity index (χ1) is 11.6. The fraction of sp³-hybridized carbons (Fsp3) is 0.0625. The van der Waals surface area contributed by atoms with E-state index in [1.54, 1.807) is 22.8 Å². The Morgan fingerprint density at radius 2 is 1.96 bits per heavy atom. The number of hydrogen-bond acceptors (Lipinski definition) is 5. The number of nitrogens with zero attached hydrogens (tertiary/aromatic N) is 5. The maximum atomic E-state index is 13.1. The number of halogens is 2. The quantitative estimate of drug-likeness (QED) is 0.504. The molecule has 0 unspecified atom stereocenters. The van der Waals surface area contributed by atoms with Crippen molar-refractivity contribution in [1.29, 1.82) is 0 Å². The molecule has 0 saturated carbocycles. The van der Waals surface area contributed by atoms with Gasteiger partial charge in [-0.3, -0.25) is 0 Å². The lowest BCUT2D eigenvalue weighted by molar-refractivity contribution is 0.628. The van der Waals surface area contributed by atoms with Crippen molar-refractivity contribution in [3.05, 3.63) is 58.4 Å². The van der Waals surface area contributed by atoms with E-state index in [4.69, 9.17) is 0 Å². The molecule has 0 aliphatic carbocycles. The second-order valence-corrected chi connectivity index (χ2v) is 6.77. The lowest BCUT2D eigenvalue weighted by atomic mass is 10.2. The van der Waals surface area contributed by atoms with Crippen molar-refractivity contribution in [2.24, 2.45) is 0 Å². The summed E-state index contributed by atoms with van der Waals surface area (Å²) in [5, 5.41) is 7.17. The van der Waals surface area contributed by atoms with Gasteiger partial charge < -0.3 is 4.90 Å². The standard InChI is InChI=1S/C16H11BrFN5S/c1-22(15-8-19-14-7-6-13(17)21-23(14)15)16-20-12(9-24-16)10-2-4-11(18)5-3-10/h2-9H,1H3. The molecule has 4 rings (SSSR count). The molecule has 0 amide bonds. The number of aromatic nitrogens is 4. The molecule has 5 nitrogen and oxygen atoms in total. The SMILES string of the molecule is CN(c1nc(-c2ccc(F)cc2)cs1)c1cnc2ccc(Br)nn12. The summed E-state index contributed by atoms with van der Waals surface area (Å²) in [6, 6.07) is 10.1. The van der Waals surface area contributed by atoms with Crippen molar-refractivity contribution in [2.45, 2.75) is 0 Å². The van der Waals surface area contributed by atoms with E-state index in [9.17, 15) is 4.39 Å². The van der Waals surface area contributed by atoms with Crippen LogP contribution in [-0.4, -0.2) is 26.6 Å². The highest BCUT2D eigenvalue weighted by atomic mass is 79.9. The van der Waals surface area contributed by atoms with Crippen LogP contribution in [0.2, 0.25) is 0 Å². The number of anilines is 2. The molecule has 3 heterocycles. The molecule has 120 valence electrons. The van der Waals surface area contributed by atoms with Crippen molar-refractivity contribution in [3.63, 3.8) is 0 Å². The van der Waals surface area contributed by atoms with Gasteiger partial charge in [-0.25, -0.2) is 14.4 Å². The van der Waals surface area contributed by atoms with E-state index in [2.05, 4.69) is 31.0 Å². The monoisotopic (exact) mass is 403 g/mol. The van der Waals surface area contributed by atoms with Crippen molar-refractivity contribution >= 4 is 43.9 Å². The van der Waals surface area contributed by atoms with E-state index in [0.29, 0.717) is 0 Å². The van der Waals surface area contributed by atoms with Crippen LogP contribution >= 0.6 is 27.3 Å². The second-order valence-electron chi connectivity index (χ2n) is 5.12. The zero-order valence-electron chi connectivity index (χ0n) is 12.5. The topological polar surface area (TPSA) is 46.3 Å². The Morgan fingerprint density at radius 1 is 1.17 bits per heavy atom. The first kappa shape index (κ1) is 15.2. The minimum absolute atomic E-state index is 0.256. The third-order valence-electron chi connectivity index (χ3n) is 3.57. The van der Waals surface area contributed by atoms with Crippen LogP contribution in [0.25, 0.3) is 16.9 Å². The molecule has 0 aliphatic heterocycles.